The number of hydrogen-bond acceptors (Lipinski definition) is 3. The largest absolute Gasteiger partial charge is 0.505 e. The molecular weight excluding hydrogens is 274 g/mol. The van der Waals surface area contributed by atoms with Crippen LogP contribution in [0.3, 0.4) is 0 Å². The number of hydrogen-bond donors (Lipinski definition) is 3. The van der Waals surface area contributed by atoms with Gasteiger partial charge in [-0.2, -0.15) is 0 Å². The summed E-state index contributed by atoms with van der Waals surface area (Å²) in [6.07, 6.45) is -2.80. The smallest absolute Gasteiger partial charge is 0.168 e. The van der Waals surface area contributed by atoms with Crippen LogP contribution in [-0.4, -0.2) is 26.8 Å². The number of alkyl halides is 1. The summed E-state index contributed by atoms with van der Waals surface area (Å²) in [6, 6.07) is 1.26. The van der Waals surface area contributed by atoms with Gasteiger partial charge in [-0.15, -0.1) is 0 Å². The summed E-state index contributed by atoms with van der Waals surface area (Å²) in [5.74, 6) is -2.96. The Bertz CT molecular complexity index is 359. The van der Waals surface area contributed by atoms with E-state index in [4.69, 9.17) is 0 Å². The number of benzene rings is 1. The van der Waals surface area contributed by atoms with E-state index < -0.39 is 29.6 Å². The van der Waals surface area contributed by atoms with E-state index in [2.05, 4.69) is 15.9 Å². The molecule has 2 unspecified atom stereocenters. The van der Waals surface area contributed by atoms with Crippen LogP contribution in [0.4, 0.5) is 8.78 Å². The van der Waals surface area contributed by atoms with E-state index in [1.54, 1.807) is 0 Å². The first kappa shape index (κ1) is 12.4. The number of halogens is 3. The van der Waals surface area contributed by atoms with Gasteiger partial charge >= 0.3 is 0 Å². The van der Waals surface area contributed by atoms with Crippen LogP contribution in [0.5, 0.6) is 5.75 Å². The van der Waals surface area contributed by atoms with Crippen molar-refractivity contribution in [3.05, 3.63) is 29.3 Å². The quantitative estimate of drug-likeness (QED) is 0.736. The van der Waals surface area contributed by atoms with Crippen molar-refractivity contribution >= 4 is 15.9 Å². The zero-order chi connectivity index (χ0) is 11.6. The highest BCUT2D eigenvalue weighted by Crippen LogP contribution is 2.30. The molecule has 2 atom stereocenters. The predicted molar refractivity (Wildman–Crippen MR) is 52.8 cm³/mol. The Morgan fingerprint density at radius 1 is 1.27 bits per heavy atom. The molecule has 84 valence electrons. The first-order valence-corrected chi connectivity index (χ1v) is 5.19. The molecule has 0 bridgehead atoms. The van der Waals surface area contributed by atoms with Crippen molar-refractivity contribution in [3.8, 4) is 5.75 Å². The Kier molecular flexibility index (Phi) is 4.01. The number of phenolic OH excluding ortho intramolecular Hbond substituents is 1. The monoisotopic (exact) mass is 282 g/mol. The van der Waals surface area contributed by atoms with Gasteiger partial charge in [-0.1, -0.05) is 15.9 Å². The second-order valence-corrected chi connectivity index (χ2v) is 3.64. The maximum atomic E-state index is 12.9. The number of aliphatic hydroxyl groups excluding tert-OH is 2. The van der Waals surface area contributed by atoms with Crippen LogP contribution >= 0.6 is 15.9 Å². The van der Waals surface area contributed by atoms with Crippen LogP contribution in [0.2, 0.25) is 0 Å². The molecule has 0 spiro atoms. The minimum Gasteiger partial charge on any atom is -0.505 e. The first-order chi connectivity index (χ1) is 6.97. The van der Waals surface area contributed by atoms with E-state index in [9.17, 15) is 24.1 Å². The maximum absolute atomic E-state index is 12.9. The van der Waals surface area contributed by atoms with Crippen LogP contribution < -0.4 is 0 Å². The molecule has 6 heteroatoms. The van der Waals surface area contributed by atoms with Crippen LogP contribution in [0.15, 0.2) is 12.1 Å². The van der Waals surface area contributed by atoms with Gasteiger partial charge in [0.2, 0.25) is 0 Å². The van der Waals surface area contributed by atoms with Crippen LogP contribution in [0.1, 0.15) is 11.7 Å². The lowest BCUT2D eigenvalue weighted by atomic mass is 10.0. The van der Waals surface area contributed by atoms with Crippen molar-refractivity contribution in [1.82, 2.24) is 0 Å². The van der Waals surface area contributed by atoms with Gasteiger partial charge in [0.1, 0.15) is 11.9 Å². The minimum absolute atomic E-state index is 0.0196. The van der Waals surface area contributed by atoms with Crippen molar-refractivity contribution in [1.29, 1.82) is 0 Å². The van der Waals surface area contributed by atoms with E-state index in [1.807, 2.05) is 0 Å². The fraction of sp³-hybridized carbons (Fsp3) is 0.333. The van der Waals surface area contributed by atoms with Crippen molar-refractivity contribution in [2.45, 2.75) is 12.2 Å². The third-order valence-electron chi connectivity index (χ3n) is 1.90. The van der Waals surface area contributed by atoms with Crippen molar-refractivity contribution in [2.24, 2.45) is 0 Å². The van der Waals surface area contributed by atoms with Gasteiger partial charge in [-0.05, 0) is 6.07 Å². The Labute approximate surface area is 93.1 Å². The fourth-order valence-electron chi connectivity index (χ4n) is 1.10. The molecule has 1 aromatic rings. The van der Waals surface area contributed by atoms with E-state index in [1.165, 1.54) is 0 Å². The lowest BCUT2D eigenvalue weighted by molar-refractivity contribution is 0.0322. The second kappa shape index (κ2) is 4.87. The molecule has 3 N–H and O–H groups in total. The summed E-state index contributed by atoms with van der Waals surface area (Å²) < 4.78 is 25.7. The minimum atomic E-state index is -1.55. The Morgan fingerprint density at radius 2 is 1.87 bits per heavy atom. The van der Waals surface area contributed by atoms with Crippen LogP contribution in [0.25, 0.3) is 0 Å². The average Bonchev–Trinajstić information content (AvgIpc) is 2.21. The van der Waals surface area contributed by atoms with Gasteiger partial charge in [-0.25, -0.2) is 8.78 Å². The van der Waals surface area contributed by atoms with Crippen molar-refractivity contribution < 1.29 is 24.1 Å². The number of aliphatic hydroxyl groups is 2. The SMILES string of the molecule is Oc1c(F)cc(F)cc1C(O)C(O)CBr. The molecule has 0 aliphatic rings. The molecule has 15 heavy (non-hydrogen) atoms. The number of rotatable bonds is 3. The predicted octanol–water partition coefficient (Wildman–Crippen LogP) is 1.46. The average molecular weight is 283 g/mol. The summed E-state index contributed by atoms with van der Waals surface area (Å²) in [7, 11) is 0. The van der Waals surface area contributed by atoms with Gasteiger partial charge in [0.25, 0.3) is 0 Å². The molecular formula is C9H9BrF2O3. The molecule has 0 aliphatic carbocycles. The first-order valence-electron chi connectivity index (χ1n) is 4.07. The molecule has 0 aliphatic heterocycles. The molecule has 0 heterocycles. The van der Waals surface area contributed by atoms with Crippen molar-refractivity contribution in [2.75, 3.05) is 5.33 Å². The molecule has 0 amide bonds. The number of aromatic hydroxyl groups is 1. The van der Waals surface area contributed by atoms with Crippen LogP contribution in [-0.2, 0) is 0 Å². The number of phenols is 1. The Morgan fingerprint density at radius 3 is 2.40 bits per heavy atom. The van der Waals surface area contributed by atoms with Crippen molar-refractivity contribution in [3.63, 3.8) is 0 Å². The summed E-state index contributed by atoms with van der Waals surface area (Å²) in [5.41, 5.74) is -0.376. The molecule has 0 saturated carbocycles. The third-order valence-corrected chi connectivity index (χ3v) is 2.56. The summed E-state index contributed by atoms with van der Waals surface area (Å²) in [5, 5.41) is 27.9. The lowest BCUT2D eigenvalue weighted by Gasteiger charge is -2.17. The molecule has 0 aromatic heterocycles. The van der Waals surface area contributed by atoms with Gasteiger partial charge in [-0.3, -0.25) is 0 Å². The molecule has 3 nitrogen and oxygen atoms in total. The normalized spacial score (nSPS) is 15.0. The highest BCUT2D eigenvalue weighted by atomic mass is 79.9. The van der Waals surface area contributed by atoms with Crippen LogP contribution in [0, 0.1) is 11.6 Å². The van der Waals surface area contributed by atoms with Gasteiger partial charge in [0.15, 0.2) is 11.6 Å². The molecule has 0 saturated heterocycles. The van der Waals surface area contributed by atoms with Gasteiger partial charge in [0.05, 0.1) is 6.10 Å². The van der Waals surface area contributed by atoms with E-state index in [0.29, 0.717) is 6.07 Å². The maximum Gasteiger partial charge on any atom is 0.168 e. The zero-order valence-electron chi connectivity index (χ0n) is 7.49. The highest BCUT2D eigenvalue weighted by Gasteiger charge is 2.23. The second-order valence-electron chi connectivity index (χ2n) is 2.99. The summed E-state index contributed by atoms with van der Waals surface area (Å²) in [6.45, 7) is 0. The third kappa shape index (κ3) is 2.64. The zero-order valence-corrected chi connectivity index (χ0v) is 9.08. The summed E-state index contributed by atoms with van der Waals surface area (Å²) in [4.78, 5) is 0. The summed E-state index contributed by atoms with van der Waals surface area (Å²) >= 11 is 2.90. The molecule has 0 fully saturated rings. The standard InChI is InChI=1S/C9H9BrF2O3/c10-3-7(13)9(15)5-1-4(11)2-6(12)8(5)14/h1-2,7,9,13-15H,3H2. The van der Waals surface area contributed by atoms with E-state index in [0.717, 1.165) is 6.07 Å². The van der Waals surface area contributed by atoms with Gasteiger partial charge < -0.3 is 15.3 Å². The fourth-order valence-corrected chi connectivity index (χ4v) is 1.46. The Balaban J connectivity index is 3.13. The Hall–Kier alpha value is -0.720. The van der Waals surface area contributed by atoms with E-state index in [-0.39, 0.29) is 10.9 Å². The van der Waals surface area contributed by atoms with E-state index >= 15 is 0 Å². The highest BCUT2D eigenvalue weighted by molar-refractivity contribution is 9.09. The molecule has 0 radical (unpaired) electrons. The van der Waals surface area contributed by atoms with Gasteiger partial charge in [0, 0.05) is 17.0 Å². The topological polar surface area (TPSA) is 60.7 Å². The molecule has 1 aromatic carbocycles. The lowest BCUT2D eigenvalue weighted by Crippen LogP contribution is -2.20. The molecule has 1 rings (SSSR count).